The maximum absolute atomic E-state index is 12.6. The van der Waals surface area contributed by atoms with E-state index in [0.29, 0.717) is 18.2 Å². The van der Waals surface area contributed by atoms with E-state index in [2.05, 4.69) is 18.8 Å². The molecule has 0 aliphatic rings. The number of hydrogen-bond acceptors (Lipinski definition) is 3. The molecule has 1 N–H and O–H groups in total. The summed E-state index contributed by atoms with van der Waals surface area (Å²) in [5.74, 6) is 0.0773. The number of carbonyl (C=O) groups is 1. The fourth-order valence-electron chi connectivity index (χ4n) is 2.38. The van der Waals surface area contributed by atoms with Crippen LogP contribution in [-0.4, -0.2) is 17.6 Å². The molecular weight excluding hydrogens is 318 g/mol. The standard InChI is InChI=1S/C20H21NO2S/c1-3-14(2)13-23-20(22)18-19(24-15-9-5-4-6-10-15)16-11-7-8-12-17(16)21-18/h4-12,14,21H,3,13H2,1-2H3. The molecule has 0 saturated carbocycles. The van der Waals surface area contributed by atoms with Crippen LogP contribution in [0.15, 0.2) is 64.4 Å². The molecule has 0 bridgehead atoms. The molecule has 3 nitrogen and oxygen atoms in total. The van der Waals surface area contributed by atoms with Crippen LogP contribution in [0.4, 0.5) is 0 Å². The van der Waals surface area contributed by atoms with E-state index in [1.54, 1.807) is 11.8 Å². The minimum absolute atomic E-state index is 0.287. The highest BCUT2D eigenvalue weighted by Gasteiger charge is 2.20. The highest BCUT2D eigenvalue weighted by Crippen LogP contribution is 2.36. The van der Waals surface area contributed by atoms with Gasteiger partial charge in [0.1, 0.15) is 5.69 Å². The van der Waals surface area contributed by atoms with Crippen molar-refractivity contribution in [1.29, 1.82) is 0 Å². The van der Waals surface area contributed by atoms with Gasteiger partial charge in [0, 0.05) is 15.8 Å². The summed E-state index contributed by atoms with van der Waals surface area (Å²) in [5, 5.41) is 1.04. The summed E-state index contributed by atoms with van der Waals surface area (Å²) in [6, 6.07) is 18.0. The first-order valence-corrected chi connectivity index (χ1v) is 9.01. The van der Waals surface area contributed by atoms with Crippen molar-refractivity contribution in [2.45, 2.75) is 30.1 Å². The van der Waals surface area contributed by atoms with Gasteiger partial charge in [0.15, 0.2) is 0 Å². The summed E-state index contributed by atoms with van der Waals surface area (Å²) in [4.78, 5) is 17.8. The number of rotatable bonds is 6. The fourth-order valence-corrected chi connectivity index (χ4v) is 3.43. The molecule has 1 unspecified atom stereocenters. The van der Waals surface area contributed by atoms with Gasteiger partial charge in [0.05, 0.1) is 11.5 Å². The van der Waals surface area contributed by atoms with E-state index in [1.807, 2.05) is 54.6 Å². The number of esters is 1. The van der Waals surface area contributed by atoms with Crippen LogP contribution >= 0.6 is 11.8 Å². The third-order valence-electron chi connectivity index (χ3n) is 4.02. The number of aromatic amines is 1. The molecule has 0 radical (unpaired) electrons. The summed E-state index contributed by atoms with van der Waals surface area (Å²) in [6.07, 6.45) is 0.992. The highest BCUT2D eigenvalue weighted by atomic mass is 32.2. The first-order chi connectivity index (χ1) is 11.7. The molecule has 3 aromatic rings. The summed E-state index contributed by atoms with van der Waals surface area (Å²) in [5.41, 5.74) is 1.49. The van der Waals surface area contributed by atoms with Crippen LogP contribution in [0.3, 0.4) is 0 Å². The van der Waals surface area contributed by atoms with Gasteiger partial charge in [-0.15, -0.1) is 0 Å². The molecule has 0 spiro atoms. The van der Waals surface area contributed by atoms with Crippen LogP contribution in [0.5, 0.6) is 0 Å². The lowest BCUT2D eigenvalue weighted by Crippen LogP contribution is -2.12. The topological polar surface area (TPSA) is 42.1 Å². The summed E-state index contributed by atoms with van der Waals surface area (Å²) in [7, 11) is 0. The zero-order valence-corrected chi connectivity index (χ0v) is 14.7. The Bertz CT molecular complexity index is 826. The molecular formula is C20H21NO2S. The Labute approximate surface area is 146 Å². The van der Waals surface area contributed by atoms with Crippen LogP contribution in [0.2, 0.25) is 0 Å². The van der Waals surface area contributed by atoms with Crippen molar-refractivity contribution in [3.05, 3.63) is 60.3 Å². The van der Waals surface area contributed by atoms with Crippen LogP contribution in [-0.2, 0) is 4.74 Å². The molecule has 0 fully saturated rings. The molecule has 2 aromatic carbocycles. The second kappa shape index (κ2) is 7.58. The number of nitrogens with one attached hydrogen (secondary N) is 1. The molecule has 24 heavy (non-hydrogen) atoms. The lowest BCUT2D eigenvalue weighted by molar-refractivity contribution is 0.0437. The van der Waals surface area contributed by atoms with Crippen molar-refractivity contribution in [3.63, 3.8) is 0 Å². The van der Waals surface area contributed by atoms with Gasteiger partial charge < -0.3 is 9.72 Å². The summed E-state index contributed by atoms with van der Waals surface area (Å²) >= 11 is 1.59. The molecule has 0 aliphatic heterocycles. The van der Waals surface area contributed by atoms with E-state index in [4.69, 9.17) is 4.74 Å². The lowest BCUT2D eigenvalue weighted by atomic mass is 10.1. The van der Waals surface area contributed by atoms with Crippen molar-refractivity contribution >= 4 is 28.6 Å². The van der Waals surface area contributed by atoms with E-state index in [0.717, 1.165) is 27.1 Å². The first-order valence-electron chi connectivity index (χ1n) is 8.19. The van der Waals surface area contributed by atoms with Gasteiger partial charge in [-0.3, -0.25) is 0 Å². The smallest absolute Gasteiger partial charge is 0.355 e. The van der Waals surface area contributed by atoms with E-state index in [1.165, 1.54) is 0 Å². The lowest BCUT2D eigenvalue weighted by Gasteiger charge is -2.10. The van der Waals surface area contributed by atoms with Gasteiger partial charge in [-0.1, -0.05) is 68.4 Å². The molecule has 1 aromatic heterocycles. The number of hydrogen-bond donors (Lipinski definition) is 1. The van der Waals surface area contributed by atoms with Gasteiger partial charge in [0.2, 0.25) is 0 Å². The van der Waals surface area contributed by atoms with Crippen molar-refractivity contribution in [2.75, 3.05) is 6.61 Å². The normalized spacial score (nSPS) is 12.2. The Balaban J connectivity index is 1.94. The molecule has 0 amide bonds. The van der Waals surface area contributed by atoms with Crippen molar-refractivity contribution < 1.29 is 9.53 Å². The van der Waals surface area contributed by atoms with Gasteiger partial charge in [-0.2, -0.15) is 0 Å². The van der Waals surface area contributed by atoms with Crippen LogP contribution < -0.4 is 0 Å². The highest BCUT2D eigenvalue weighted by molar-refractivity contribution is 7.99. The zero-order chi connectivity index (χ0) is 16.9. The van der Waals surface area contributed by atoms with E-state index < -0.39 is 0 Å². The molecule has 4 heteroatoms. The molecule has 0 saturated heterocycles. The quantitative estimate of drug-likeness (QED) is 0.601. The predicted molar refractivity (Wildman–Crippen MR) is 98.6 cm³/mol. The van der Waals surface area contributed by atoms with Crippen molar-refractivity contribution in [1.82, 2.24) is 4.98 Å². The van der Waals surface area contributed by atoms with Crippen molar-refractivity contribution in [2.24, 2.45) is 5.92 Å². The fraction of sp³-hybridized carbons (Fsp3) is 0.250. The average Bonchev–Trinajstić information content (AvgIpc) is 2.99. The van der Waals surface area contributed by atoms with Gasteiger partial charge in [-0.25, -0.2) is 4.79 Å². The van der Waals surface area contributed by atoms with Crippen LogP contribution in [0.25, 0.3) is 10.9 Å². The van der Waals surface area contributed by atoms with E-state index >= 15 is 0 Å². The molecule has 1 atom stereocenters. The minimum Gasteiger partial charge on any atom is -0.461 e. The van der Waals surface area contributed by atoms with E-state index in [-0.39, 0.29) is 5.97 Å². The van der Waals surface area contributed by atoms with Gasteiger partial charge in [-0.05, 0) is 24.1 Å². The molecule has 0 aliphatic carbocycles. The SMILES string of the molecule is CCC(C)COC(=O)c1[nH]c2ccccc2c1Sc1ccccc1. The second-order valence-corrected chi connectivity index (χ2v) is 6.99. The Morgan fingerprint density at radius 3 is 2.58 bits per heavy atom. The largest absolute Gasteiger partial charge is 0.461 e. The number of carbonyl (C=O) groups excluding carboxylic acids is 1. The monoisotopic (exact) mass is 339 g/mol. The first kappa shape index (κ1) is 16.7. The molecule has 1 heterocycles. The van der Waals surface area contributed by atoms with Crippen molar-refractivity contribution in [3.8, 4) is 0 Å². The second-order valence-electron chi connectivity index (χ2n) is 5.90. The number of fused-ring (bicyclic) bond motifs is 1. The predicted octanol–water partition coefficient (Wildman–Crippen LogP) is 5.52. The summed E-state index contributed by atoms with van der Waals surface area (Å²) < 4.78 is 5.51. The number of ether oxygens (including phenoxy) is 1. The third kappa shape index (κ3) is 3.65. The zero-order valence-electron chi connectivity index (χ0n) is 13.9. The number of H-pyrrole nitrogens is 1. The number of para-hydroxylation sites is 1. The van der Waals surface area contributed by atoms with Crippen LogP contribution in [0.1, 0.15) is 30.8 Å². The molecule has 3 rings (SSSR count). The minimum atomic E-state index is -0.287. The average molecular weight is 339 g/mol. The number of aromatic nitrogens is 1. The van der Waals surface area contributed by atoms with Gasteiger partial charge >= 0.3 is 5.97 Å². The maximum atomic E-state index is 12.6. The Morgan fingerprint density at radius 1 is 1.12 bits per heavy atom. The Kier molecular flexibility index (Phi) is 5.26. The number of benzene rings is 2. The van der Waals surface area contributed by atoms with Gasteiger partial charge in [0.25, 0.3) is 0 Å². The Morgan fingerprint density at radius 2 is 1.83 bits per heavy atom. The summed E-state index contributed by atoms with van der Waals surface area (Å²) in [6.45, 7) is 4.62. The van der Waals surface area contributed by atoms with Crippen LogP contribution in [0, 0.1) is 5.92 Å². The molecule has 124 valence electrons. The Hall–Kier alpha value is -2.20. The maximum Gasteiger partial charge on any atom is 0.355 e. The third-order valence-corrected chi connectivity index (χ3v) is 5.16. The van der Waals surface area contributed by atoms with E-state index in [9.17, 15) is 4.79 Å².